The van der Waals surface area contributed by atoms with Gasteiger partial charge in [-0.3, -0.25) is 9.97 Å². The molecule has 2 heterocycles. The van der Waals surface area contributed by atoms with E-state index in [0.29, 0.717) is 43.1 Å². The Labute approximate surface area is 269 Å². The summed E-state index contributed by atoms with van der Waals surface area (Å²) in [4.78, 5) is 9.23. The van der Waals surface area contributed by atoms with E-state index in [-0.39, 0.29) is 0 Å². The molecule has 0 spiro atoms. The number of pyridine rings is 2. The fourth-order valence-corrected chi connectivity index (χ4v) is 11.9. The van der Waals surface area contributed by atoms with Crippen LogP contribution in [0.1, 0.15) is 0 Å². The van der Waals surface area contributed by atoms with Gasteiger partial charge in [-0.15, -0.1) is 0 Å². The van der Waals surface area contributed by atoms with Gasteiger partial charge in [0.1, 0.15) is 0 Å². The maximum atomic E-state index is 16.2. The molecule has 0 N–H and O–H groups in total. The van der Waals surface area contributed by atoms with Gasteiger partial charge in [0.05, 0.1) is 5.69 Å². The first-order valence-electron chi connectivity index (χ1n) is 15.0. The van der Waals surface area contributed by atoms with Crippen molar-refractivity contribution < 1.29 is 9.13 Å². The summed E-state index contributed by atoms with van der Waals surface area (Å²) in [5.74, 6) is 0. The lowest BCUT2D eigenvalue weighted by molar-refractivity contribution is 0.592. The van der Waals surface area contributed by atoms with Gasteiger partial charge in [-0.25, -0.2) is 0 Å². The highest BCUT2D eigenvalue weighted by atomic mass is 31.2. The smallest absolute Gasteiger partial charge is 0.171 e. The van der Waals surface area contributed by atoms with Crippen LogP contribution in [0.5, 0.6) is 0 Å². The van der Waals surface area contributed by atoms with E-state index in [2.05, 4.69) is 4.98 Å². The number of benzene rings is 5. The highest BCUT2D eigenvalue weighted by Gasteiger charge is 2.39. The predicted octanol–water partition coefficient (Wildman–Crippen LogP) is 7.09. The maximum absolute atomic E-state index is 16.2. The van der Waals surface area contributed by atoms with E-state index >= 15 is 9.13 Å². The van der Waals surface area contributed by atoms with Crippen LogP contribution >= 0.6 is 14.3 Å². The molecular weight excluding hydrogens is 602 g/mol. The molecule has 4 nitrogen and oxygen atoms in total. The Balaban J connectivity index is 1.71. The Morgan fingerprint density at radius 3 is 1.22 bits per heavy atom. The van der Waals surface area contributed by atoms with Gasteiger partial charge in [0, 0.05) is 61.5 Å². The summed E-state index contributed by atoms with van der Waals surface area (Å²) in [7, 11) is -7.18. The topological polar surface area (TPSA) is 59.9 Å². The zero-order valence-electron chi connectivity index (χ0n) is 24.9. The number of hydrogen-bond donors (Lipinski definition) is 0. The molecule has 0 radical (unpaired) electrons. The van der Waals surface area contributed by atoms with Crippen LogP contribution in [0, 0.1) is 0 Å². The first kappa shape index (κ1) is 29.6. The molecule has 7 aromatic rings. The lowest BCUT2D eigenvalue weighted by Crippen LogP contribution is -2.33. The second-order valence-corrected chi connectivity index (χ2v) is 16.4. The molecule has 0 amide bonds. The Morgan fingerprint density at radius 2 is 0.848 bits per heavy atom. The van der Waals surface area contributed by atoms with E-state index in [1.807, 2.05) is 164 Å². The molecule has 0 atom stereocenters. The standard InChI is InChI=1S/C40H30N2O2P2/c43-45(33-17-5-1-6-18-33,34-19-7-2-8-20-34)38-28-32(31-16-15-26-41-30-31)29-39(40(38)37-25-13-14-27-42-37)46(44,35-21-9-3-10-22-35)36-23-11-4-12-24-36/h1-30H. The van der Waals surface area contributed by atoms with Crippen molar-refractivity contribution in [2.45, 2.75) is 0 Å². The van der Waals surface area contributed by atoms with E-state index < -0.39 is 14.3 Å². The number of nitrogens with zero attached hydrogens (tertiary/aromatic N) is 2. The van der Waals surface area contributed by atoms with Crippen molar-refractivity contribution in [1.82, 2.24) is 9.97 Å². The van der Waals surface area contributed by atoms with Crippen molar-refractivity contribution in [1.29, 1.82) is 0 Å². The number of aromatic nitrogens is 2. The van der Waals surface area contributed by atoms with E-state index in [1.54, 1.807) is 18.6 Å². The Morgan fingerprint density at radius 1 is 0.413 bits per heavy atom. The van der Waals surface area contributed by atoms with Gasteiger partial charge in [-0.05, 0) is 35.9 Å². The zero-order chi connectivity index (χ0) is 31.4. The molecule has 0 saturated heterocycles. The summed E-state index contributed by atoms with van der Waals surface area (Å²) in [6.07, 6.45) is 5.24. The van der Waals surface area contributed by atoms with Gasteiger partial charge >= 0.3 is 0 Å². The summed E-state index contributed by atoms with van der Waals surface area (Å²) in [6, 6.07) is 51.9. The molecule has 7 rings (SSSR count). The maximum Gasteiger partial charge on any atom is 0.171 e. The molecule has 2 aromatic heterocycles. The summed E-state index contributed by atoms with van der Waals surface area (Å²) in [5, 5.41) is 3.88. The lowest BCUT2D eigenvalue weighted by Gasteiger charge is -2.29. The monoisotopic (exact) mass is 632 g/mol. The minimum atomic E-state index is -3.59. The van der Waals surface area contributed by atoms with Gasteiger partial charge in [0.2, 0.25) is 0 Å². The van der Waals surface area contributed by atoms with E-state index in [4.69, 9.17) is 4.98 Å². The third-order valence-electron chi connectivity index (χ3n) is 8.17. The molecule has 6 heteroatoms. The third kappa shape index (κ3) is 5.26. The van der Waals surface area contributed by atoms with Crippen molar-refractivity contribution in [3.05, 3.63) is 182 Å². The molecule has 0 fully saturated rings. The van der Waals surface area contributed by atoms with Crippen molar-refractivity contribution in [2.24, 2.45) is 0 Å². The Kier molecular flexibility index (Phi) is 8.16. The molecule has 0 bridgehead atoms. The molecule has 0 aliphatic heterocycles. The number of rotatable bonds is 8. The van der Waals surface area contributed by atoms with Gasteiger partial charge in [-0.1, -0.05) is 133 Å². The van der Waals surface area contributed by atoms with E-state index in [9.17, 15) is 0 Å². The van der Waals surface area contributed by atoms with Crippen molar-refractivity contribution in [3.8, 4) is 22.4 Å². The SMILES string of the molecule is O=P(c1ccccc1)(c1ccccc1)c1cc(-c2cccnc2)cc(P(=O)(c2ccccc2)c2ccccc2)c1-c1ccccn1. The Bertz CT molecular complexity index is 1970. The van der Waals surface area contributed by atoms with Gasteiger partial charge in [-0.2, -0.15) is 0 Å². The molecule has 0 aliphatic rings. The summed E-state index contributed by atoms with van der Waals surface area (Å²) >= 11 is 0. The van der Waals surface area contributed by atoms with Crippen LogP contribution in [0.2, 0.25) is 0 Å². The quantitative estimate of drug-likeness (QED) is 0.168. The highest BCUT2D eigenvalue weighted by Crippen LogP contribution is 2.50. The minimum Gasteiger partial charge on any atom is -0.309 e. The molecule has 0 aliphatic carbocycles. The van der Waals surface area contributed by atoms with E-state index in [1.165, 1.54) is 0 Å². The van der Waals surface area contributed by atoms with Gasteiger partial charge in [0.15, 0.2) is 14.3 Å². The second-order valence-electron chi connectivity index (χ2n) is 10.9. The fraction of sp³-hybridized carbons (Fsp3) is 0. The van der Waals surface area contributed by atoms with Crippen LogP contribution in [-0.2, 0) is 9.13 Å². The summed E-state index contributed by atoms with van der Waals surface area (Å²) in [5.41, 5.74) is 2.82. The summed E-state index contributed by atoms with van der Waals surface area (Å²) in [6.45, 7) is 0. The van der Waals surface area contributed by atoms with Crippen LogP contribution < -0.4 is 31.8 Å². The minimum absolute atomic E-state index is 0.576. The molecule has 46 heavy (non-hydrogen) atoms. The average molecular weight is 633 g/mol. The number of hydrogen-bond acceptors (Lipinski definition) is 4. The zero-order valence-corrected chi connectivity index (χ0v) is 26.7. The first-order valence-corrected chi connectivity index (χ1v) is 18.4. The Hall–Kier alpha value is -5.14. The van der Waals surface area contributed by atoms with Gasteiger partial charge in [0.25, 0.3) is 0 Å². The van der Waals surface area contributed by atoms with E-state index in [0.717, 1.165) is 11.1 Å². The molecule has 0 saturated carbocycles. The van der Waals surface area contributed by atoms with Crippen molar-refractivity contribution in [3.63, 3.8) is 0 Å². The van der Waals surface area contributed by atoms with Crippen molar-refractivity contribution >= 4 is 46.1 Å². The van der Waals surface area contributed by atoms with Crippen LogP contribution in [-0.4, -0.2) is 9.97 Å². The van der Waals surface area contributed by atoms with Crippen LogP contribution in [0.15, 0.2) is 182 Å². The molecule has 5 aromatic carbocycles. The molecular formula is C40H30N2O2P2. The normalized spacial score (nSPS) is 11.7. The molecule has 222 valence electrons. The van der Waals surface area contributed by atoms with Crippen molar-refractivity contribution in [2.75, 3.05) is 0 Å². The van der Waals surface area contributed by atoms with Crippen LogP contribution in [0.3, 0.4) is 0 Å². The average Bonchev–Trinajstić information content (AvgIpc) is 3.16. The van der Waals surface area contributed by atoms with Crippen LogP contribution in [0.25, 0.3) is 22.4 Å². The van der Waals surface area contributed by atoms with Gasteiger partial charge < -0.3 is 9.13 Å². The first-order chi connectivity index (χ1) is 22.6. The third-order valence-corrected chi connectivity index (χ3v) is 14.3. The second kappa shape index (κ2) is 12.7. The molecule has 0 unspecified atom stereocenters. The highest BCUT2D eigenvalue weighted by molar-refractivity contribution is 7.87. The summed E-state index contributed by atoms with van der Waals surface area (Å²) < 4.78 is 32.4. The van der Waals surface area contributed by atoms with Crippen LogP contribution in [0.4, 0.5) is 0 Å². The fourth-order valence-electron chi connectivity index (χ4n) is 5.99. The lowest BCUT2D eigenvalue weighted by atomic mass is 10.0. The largest absolute Gasteiger partial charge is 0.309 e. The predicted molar refractivity (Wildman–Crippen MR) is 192 cm³/mol.